The fourth-order valence-corrected chi connectivity index (χ4v) is 3.51. The number of aliphatic carboxylic acids is 1. The van der Waals surface area contributed by atoms with Crippen molar-refractivity contribution in [3.05, 3.63) is 18.2 Å². The van der Waals surface area contributed by atoms with Gasteiger partial charge < -0.3 is 42.2 Å². The molecule has 0 aliphatic carbocycles. The number of hydrogen-bond acceptors (Lipinski definition) is 8. The minimum Gasteiger partial charge on any atom is -0.480 e. The summed E-state index contributed by atoms with van der Waals surface area (Å²) in [6.45, 7) is -0.502. The van der Waals surface area contributed by atoms with Crippen LogP contribution < -0.4 is 22.1 Å². The lowest BCUT2D eigenvalue weighted by molar-refractivity contribution is -0.143. The lowest BCUT2D eigenvalue weighted by Crippen LogP contribution is -2.57. The number of nitrogens with one attached hydrogen (secondary N) is 3. The molecule has 0 saturated carbocycles. The van der Waals surface area contributed by atoms with Gasteiger partial charge in [-0.2, -0.15) is 0 Å². The summed E-state index contributed by atoms with van der Waals surface area (Å²) >= 11 is 0. The third-order valence-corrected chi connectivity index (χ3v) is 5.26. The molecule has 33 heavy (non-hydrogen) atoms. The van der Waals surface area contributed by atoms with E-state index in [0.29, 0.717) is 25.1 Å². The molecule has 0 radical (unpaired) electrons. The molecule has 9 N–H and O–H groups in total. The predicted molar refractivity (Wildman–Crippen MR) is 112 cm³/mol. The maximum atomic E-state index is 12.8. The Kier molecular flexibility index (Phi) is 9.30. The van der Waals surface area contributed by atoms with Gasteiger partial charge in [0.15, 0.2) is 0 Å². The highest BCUT2D eigenvalue weighted by atomic mass is 16.4. The van der Waals surface area contributed by atoms with E-state index in [1.165, 1.54) is 11.2 Å². The van der Waals surface area contributed by atoms with Gasteiger partial charge in [0.25, 0.3) is 0 Å². The van der Waals surface area contributed by atoms with Crippen LogP contribution in [0.15, 0.2) is 12.5 Å². The summed E-state index contributed by atoms with van der Waals surface area (Å²) in [5.41, 5.74) is 11.7. The topological polar surface area (TPSA) is 234 Å². The van der Waals surface area contributed by atoms with Crippen molar-refractivity contribution in [3.8, 4) is 0 Å². The minimum absolute atomic E-state index is 0.202. The molecule has 14 heteroatoms. The van der Waals surface area contributed by atoms with E-state index in [4.69, 9.17) is 11.5 Å². The van der Waals surface area contributed by atoms with E-state index in [1.807, 2.05) is 0 Å². The van der Waals surface area contributed by atoms with Gasteiger partial charge in [0.1, 0.15) is 18.1 Å². The summed E-state index contributed by atoms with van der Waals surface area (Å²) in [6, 6.07) is -4.68. The third-order valence-electron chi connectivity index (χ3n) is 5.26. The molecule has 1 saturated heterocycles. The Bertz CT molecular complexity index is 861. The van der Waals surface area contributed by atoms with Crippen molar-refractivity contribution in [2.24, 2.45) is 11.5 Å². The monoisotopic (exact) mass is 467 g/mol. The number of aromatic nitrogens is 2. The molecule has 1 aliphatic heterocycles. The maximum absolute atomic E-state index is 12.8. The molecule has 1 aromatic heterocycles. The van der Waals surface area contributed by atoms with Crippen LogP contribution in [0.25, 0.3) is 0 Å². The number of imidazole rings is 1. The molecule has 182 valence electrons. The number of carbonyl (C=O) groups is 5. The molecular formula is C19H29N7O7. The first-order valence-corrected chi connectivity index (χ1v) is 10.4. The molecule has 1 aromatic rings. The van der Waals surface area contributed by atoms with Crippen molar-refractivity contribution in [3.63, 3.8) is 0 Å². The first-order valence-electron chi connectivity index (χ1n) is 10.4. The lowest BCUT2D eigenvalue weighted by Gasteiger charge is -2.28. The van der Waals surface area contributed by atoms with Gasteiger partial charge in [-0.15, -0.1) is 0 Å². The largest absolute Gasteiger partial charge is 0.480 e. The SMILES string of the molecule is NC(=O)CCC(NC(=O)C(CO)NC(=O)C1CCCN1C(=O)C(N)Cc1cnc[nH]1)C(=O)O. The van der Waals surface area contributed by atoms with Crippen LogP contribution in [0, 0.1) is 0 Å². The fourth-order valence-electron chi connectivity index (χ4n) is 3.51. The summed E-state index contributed by atoms with van der Waals surface area (Å²) in [5.74, 6) is -4.20. The highest BCUT2D eigenvalue weighted by Crippen LogP contribution is 2.19. The molecule has 0 spiro atoms. The zero-order chi connectivity index (χ0) is 24.5. The lowest BCUT2D eigenvalue weighted by atomic mass is 10.1. The number of amides is 4. The Morgan fingerprint density at radius 2 is 1.97 bits per heavy atom. The van der Waals surface area contributed by atoms with Crippen molar-refractivity contribution < 1.29 is 34.2 Å². The standard InChI is InChI=1S/C19H29N7O7/c20-11(6-10-7-22-9-23-10)18(31)26-5-1-2-14(26)17(30)25-13(8-27)16(29)24-12(19(32)33)3-4-15(21)28/h7,9,11-14,27H,1-6,8,20H2,(H2,21,28)(H,22,23)(H,24,29)(H,25,30)(H,32,33). The Labute approximate surface area is 189 Å². The van der Waals surface area contributed by atoms with Gasteiger partial charge in [-0.25, -0.2) is 9.78 Å². The molecule has 4 amide bonds. The van der Waals surface area contributed by atoms with Crippen LogP contribution in [0.2, 0.25) is 0 Å². The van der Waals surface area contributed by atoms with Gasteiger partial charge in [0.05, 0.1) is 19.0 Å². The molecule has 4 atom stereocenters. The van der Waals surface area contributed by atoms with Crippen molar-refractivity contribution in [2.45, 2.75) is 56.3 Å². The van der Waals surface area contributed by atoms with Crippen LogP contribution in [-0.4, -0.2) is 92.0 Å². The van der Waals surface area contributed by atoms with Crippen LogP contribution in [0.1, 0.15) is 31.4 Å². The molecular weight excluding hydrogens is 438 g/mol. The number of nitrogens with zero attached hydrogens (tertiary/aromatic N) is 2. The van der Waals surface area contributed by atoms with Gasteiger partial charge in [-0.1, -0.05) is 0 Å². The zero-order valence-corrected chi connectivity index (χ0v) is 17.9. The Morgan fingerprint density at radius 3 is 2.55 bits per heavy atom. The number of likely N-dealkylation sites (tertiary alicyclic amines) is 1. The number of H-pyrrole nitrogens is 1. The molecule has 1 aliphatic rings. The van der Waals surface area contributed by atoms with Crippen molar-refractivity contribution >= 4 is 29.6 Å². The predicted octanol–water partition coefficient (Wildman–Crippen LogP) is -3.42. The van der Waals surface area contributed by atoms with Gasteiger partial charge in [-0.3, -0.25) is 19.2 Å². The number of aromatic amines is 1. The van der Waals surface area contributed by atoms with Gasteiger partial charge >= 0.3 is 5.97 Å². The first kappa shape index (κ1) is 25.7. The normalized spacial score (nSPS) is 18.2. The molecule has 0 aromatic carbocycles. The van der Waals surface area contributed by atoms with E-state index in [9.17, 15) is 34.2 Å². The Hall–Kier alpha value is -3.52. The second-order valence-electron chi connectivity index (χ2n) is 7.73. The van der Waals surface area contributed by atoms with Crippen molar-refractivity contribution in [2.75, 3.05) is 13.2 Å². The maximum Gasteiger partial charge on any atom is 0.326 e. The molecule has 0 bridgehead atoms. The van der Waals surface area contributed by atoms with Gasteiger partial charge in [0.2, 0.25) is 23.6 Å². The van der Waals surface area contributed by atoms with Crippen LogP contribution in [-0.2, 0) is 30.4 Å². The first-order chi connectivity index (χ1) is 15.6. The number of hydrogen-bond donors (Lipinski definition) is 7. The number of nitrogens with two attached hydrogens (primary N) is 2. The number of carboxylic acids is 1. The number of primary amides is 1. The van der Waals surface area contributed by atoms with Crippen LogP contribution in [0.5, 0.6) is 0 Å². The second-order valence-corrected chi connectivity index (χ2v) is 7.73. The van der Waals surface area contributed by atoms with Gasteiger partial charge in [0, 0.05) is 31.3 Å². The van der Waals surface area contributed by atoms with Gasteiger partial charge in [-0.05, 0) is 19.3 Å². The van der Waals surface area contributed by atoms with Crippen LogP contribution in [0.4, 0.5) is 0 Å². The highest BCUT2D eigenvalue weighted by Gasteiger charge is 2.38. The molecule has 4 unspecified atom stereocenters. The molecule has 2 rings (SSSR count). The molecule has 14 nitrogen and oxygen atoms in total. The van der Waals surface area contributed by atoms with Crippen LogP contribution in [0.3, 0.4) is 0 Å². The summed E-state index contributed by atoms with van der Waals surface area (Å²) in [5, 5.41) is 23.3. The number of aliphatic hydroxyl groups is 1. The van der Waals surface area contributed by atoms with E-state index < -0.39 is 60.4 Å². The Morgan fingerprint density at radius 1 is 1.24 bits per heavy atom. The van der Waals surface area contributed by atoms with E-state index in [2.05, 4.69) is 20.6 Å². The zero-order valence-electron chi connectivity index (χ0n) is 17.9. The number of aliphatic hydroxyl groups excluding tert-OH is 1. The second kappa shape index (κ2) is 11.9. The van der Waals surface area contributed by atoms with Crippen molar-refractivity contribution in [1.29, 1.82) is 0 Å². The number of carbonyl (C=O) groups excluding carboxylic acids is 4. The average Bonchev–Trinajstić information content (AvgIpc) is 3.45. The quantitative estimate of drug-likeness (QED) is 0.162. The average molecular weight is 467 g/mol. The fraction of sp³-hybridized carbons (Fsp3) is 0.579. The molecule has 2 heterocycles. The summed E-state index contributed by atoms with van der Waals surface area (Å²) in [7, 11) is 0. The number of rotatable bonds is 12. The number of carboxylic acid groups (broad SMARTS) is 1. The smallest absolute Gasteiger partial charge is 0.326 e. The van der Waals surface area contributed by atoms with E-state index in [-0.39, 0.29) is 19.3 Å². The Balaban J connectivity index is 1.98. The van der Waals surface area contributed by atoms with Crippen molar-refractivity contribution in [1.82, 2.24) is 25.5 Å². The van der Waals surface area contributed by atoms with Crippen LogP contribution >= 0.6 is 0 Å². The summed E-state index contributed by atoms with van der Waals surface area (Å²) in [6.07, 6.45) is 3.57. The summed E-state index contributed by atoms with van der Waals surface area (Å²) < 4.78 is 0. The highest BCUT2D eigenvalue weighted by molar-refractivity contribution is 5.94. The summed E-state index contributed by atoms with van der Waals surface area (Å²) in [4.78, 5) is 68.2. The minimum atomic E-state index is -1.45. The molecule has 1 fully saturated rings. The third kappa shape index (κ3) is 7.25. The van der Waals surface area contributed by atoms with E-state index in [0.717, 1.165) is 0 Å². The van der Waals surface area contributed by atoms with E-state index >= 15 is 0 Å². The van der Waals surface area contributed by atoms with E-state index in [1.54, 1.807) is 6.20 Å².